The Labute approximate surface area is 146 Å². The normalized spacial score (nSPS) is 15.2. The van der Waals surface area contributed by atoms with Crippen molar-refractivity contribution in [1.29, 1.82) is 0 Å². The summed E-state index contributed by atoms with van der Waals surface area (Å²) in [5.41, 5.74) is 1.54. The van der Waals surface area contributed by atoms with Crippen LogP contribution >= 0.6 is 11.8 Å². The zero-order valence-electron chi connectivity index (χ0n) is 13.6. The molecule has 0 aromatic heterocycles. The third kappa shape index (κ3) is 4.60. The average Bonchev–Trinajstić information content (AvgIpc) is 2.63. The lowest BCUT2D eigenvalue weighted by Crippen LogP contribution is -2.24. The van der Waals surface area contributed by atoms with Crippen LogP contribution in [0.15, 0.2) is 53.4 Å². The molecule has 0 aliphatic heterocycles. The van der Waals surface area contributed by atoms with Crippen molar-refractivity contribution in [2.75, 3.05) is 5.32 Å². The number of halogens is 1. The molecule has 2 nitrogen and oxygen atoms in total. The first-order valence-electron chi connectivity index (χ1n) is 8.49. The highest BCUT2D eigenvalue weighted by Crippen LogP contribution is 2.27. The van der Waals surface area contributed by atoms with Gasteiger partial charge < -0.3 is 5.32 Å². The van der Waals surface area contributed by atoms with Crippen molar-refractivity contribution < 1.29 is 9.18 Å². The van der Waals surface area contributed by atoms with E-state index < -0.39 is 0 Å². The van der Waals surface area contributed by atoms with E-state index in [-0.39, 0.29) is 17.6 Å². The molecule has 1 N–H and O–H groups in total. The Balaban J connectivity index is 1.53. The second-order valence-electron chi connectivity index (χ2n) is 6.23. The SMILES string of the molecule is O=C(Nc1ccc(SCc2ccccc2F)cc1)C1CCCCC1. The lowest BCUT2D eigenvalue weighted by atomic mass is 9.88. The summed E-state index contributed by atoms with van der Waals surface area (Å²) in [6.07, 6.45) is 5.57. The van der Waals surface area contributed by atoms with Gasteiger partial charge in [0.2, 0.25) is 5.91 Å². The number of benzene rings is 2. The summed E-state index contributed by atoms with van der Waals surface area (Å²) in [6, 6.07) is 14.6. The van der Waals surface area contributed by atoms with Gasteiger partial charge in [-0.3, -0.25) is 4.79 Å². The summed E-state index contributed by atoms with van der Waals surface area (Å²) in [6.45, 7) is 0. The number of hydrogen-bond donors (Lipinski definition) is 1. The number of thioether (sulfide) groups is 1. The summed E-state index contributed by atoms with van der Waals surface area (Å²) in [5, 5.41) is 3.01. The maximum Gasteiger partial charge on any atom is 0.227 e. The molecular formula is C20H22FNOS. The lowest BCUT2D eigenvalue weighted by Gasteiger charge is -2.20. The molecule has 0 bridgehead atoms. The van der Waals surface area contributed by atoms with Gasteiger partial charge in [0, 0.05) is 22.3 Å². The van der Waals surface area contributed by atoms with Crippen LogP contribution in [0.1, 0.15) is 37.7 Å². The van der Waals surface area contributed by atoms with E-state index in [0.29, 0.717) is 11.3 Å². The van der Waals surface area contributed by atoms with Crippen LogP contribution in [0.25, 0.3) is 0 Å². The number of rotatable bonds is 5. The molecule has 0 heterocycles. The Morgan fingerprint density at radius 1 is 1.04 bits per heavy atom. The number of carbonyl (C=O) groups excluding carboxylic acids is 1. The predicted molar refractivity (Wildman–Crippen MR) is 97.6 cm³/mol. The molecule has 126 valence electrons. The molecule has 24 heavy (non-hydrogen) atoms. The van der Waals surface area contributed by atoms with Gasteiger partial charge in [0.15, 0.2) is 0 Å². The van der Waals surface area contributed by atoms with Crippen molar-refractivity contribution in [3.05, 3.63) is 59.9 Å². The van der Waals surface area contributed by atoms with Crippen molar-refractivity contribution in [3.63, 3.8) is 0 Å². The first-order chi connectivity index (χ1) is 11.7. The summed E-state index contributed by atoms with van der Waals surface area (Å²) in [7, 11) is 0. The number of nitrogens with one attached hydrogen (secondary N) is 1. The number of amides is 1. The number of hydrogen-bond acceptors (Lipinski definition) is 2. The molecule has 1 fully saturated rings. The van der Waals surface area contributed by atoms with E-state index in [1.165, 1.54) is 12.5 Å². The van der Waals surface area contributed by atoms with Crippen LogP contribution in [-0.4, -0.2) is 5.91 Å². The standard InChI is InChI=1S/C20H22FNOS/c21-19-9-5-4-8-16(19)14-24-18-12-10-17(11-13-18)22-20(23)15-6-2-1-3-7-15/h4-5,8-13,15H,1-3,6-7,14H2,(H,22,23). The van der Waals surface area contributed by atoms with E-state index in [4.69, 9.17) is 0 Å². The van der Waals surface area contributed by atoms with E-state index in [2.05, 4.69) is 5.32 Å². The fraction of sp³-hybridized carbons (Fsp3) is 0.350. The summed E-state index contributed by atoms with van der Waals surface area (Å²) in [4.78, 5) is 13.3. The van der Waals surface area contributed by atoms with Gasteiger partial charge in [-0.1, -0.05) is 37.5 Å². The van der Waals surface area contributed by atoms with Crippen LogP contribution < -0.4 is 5.32 Å². The summed E-state index contributed by atoms with van der Waals surface area (Å²) < 4.78 is 13.6. The first-order valence-corrected chi connectivity index (χ1v) is 9.48. The first kappa shape index (κ1) is 17.0. The molecule has 3 rings (SSSR count). The number of carbonyl (C=O) groups is 1. The molecule has 4 heteroatoms. The summed E-state index contributed by atoms with van der Waals surface area (Å²) >= 11 is 1.59. The third-order valence-corrected chi connectivity index (χ3v) is 5.51. The van der Waals surface area contributed by atoms with E-state index in [1.54, 1.807) is 23.9 Å². The van der Waals surface area contributed by atoms with E-state index in [0.717, 1.165) is 36.3 Å². The lowest BCUT2D eigenvalue weighted by molar-refractivity contribution is -0.120. The van der Waals surface area contributed by atoms with Gasteiger partial charge in [-0.05, 0) is 48.7 Å². The zero-order valence-corrected chi connectivity index (χ0v) is 14.4. The minimum Gasteiger partial charge on any atom is -0.326 e. The highest BCUT2D eigenvalue weighted by atomic mass is 32.2. The molecule has 2 aromatic carbocycles. The van der Waals surface area contributed by atoms with Crippen LogP contribution in [0.5, 0.6) is 0 Å². The maximum atomic E-state index is 13.6. The van der Waals surface area contributed by atoms with Gasteiger partial charge in [0.05, 0.1) is 0 Å². The van der Waals surface area contributed by atoms with Crippen LogP contribution in [-0.2, 0) is 10.5 Å². The van der Waals surface area contributed by atoms with E-state index in [1.807, 2.05) is 30.3 Å². The minimum absolute atomic E-state index is 0.140. The van der Waals surface area contributed by atoms with Crippen molar-refractivity contribution >= 4 is 23.4 Å². The highest BCUT2D eigenvalue weighted by Gasteiger charge is 2.20. The molecule has 1 aliphatic rings. The molecule has 1 aliphatic carbocycles. The van der Waals surface area contributed by atoms with Crippen LogP contribution in [0.4, 0.5) is 10.1 Å². The Hall–Kier alpha value is -1.81. The van der Waals surface area contributed by atoms with Gasteiger partial charge >= 0.3 is 0 Å². The monoisotopic (exact) mass is 343 g/mol. The molecule has 0 unspecified atom stereocenters. The van der Waals surface area contributed by atoms with Crippen molar-refractivity contribution in [2.24, 2.45) is 5.92 Å². The molecular weight excluding hydrogens is 321 g/mol. The van der Waals surface area contributed by atoms with E-state index in [9.17, 15) is 9.18 Å². The fourth-order valence-electron chi connectivity index (χ4n) is 3.02. The Bertz CT molecular complexity index is 680. The molecule has 2 aromatic rings. The van der Waals surface area contributed by atoms with Gasteiger partial charge in [-0.2, -0.15) is 0 Å². The maximum absolute atomic E-state index is 13.6. The number of anilines is 1. The molecule has 0 radical (unpaired) electrons. The smallest absolute Gasteiger partial charge is 0.227 e. The van der Waals surface area contributed by atoms with Gasteiger partial charge in [-0.15, -0.1) is 11.8 Å². The molecule has 1 amide bonds. The second-order valence-corrected chi connectivity index (χ2v) is 7.28. The van der Waals surface area contributed by atoms with Crippen molar-refractivity contribution in [3.8, 4) is 0 Å². The fourth-order valence-corrected chi connectivity index (χ4v) is 3.90. The van der Waals surface area contributed by atoms with Gasteiger partial charge in [0.1, 0.15) is 5.82 Å². The van der Waals surface area contributed by atoms with Crippen molar-refractivity contribution in [1.82, 2.24) is 0 Å². The Kier molecular flexibility index (Phi) is 5.91. The second kappa shape index (κ2) is 8.34. The topological polar surface area (TPSA) is 29.1 Å². The Morgan fingerprint density at radius 2 is 1.75 bits per heavy atom. The minimum atomic E-state index is -0.165. The van der Waals surface area contributed by atoms with Crippen LogP contribution in [0.2, 0.25) is 0 Å². The zero-order chi connectivity index (χ0) is 16.8. The summed E-state index contributed by atoms with van der Waals surface area (Å²) in [5.74, 6) is 0.733. The molecule has 1 saturated carbocycles. The quantitative estimate of drug-likeness (QED) is 0.712. The van der Waals surface area contributed by atoms with Crippen molar-refractivity contribution in [2.45, 2.75) is 42.8 Å². The molecule has 0 saturated heterocycles. The molecule has 0 atom stereocenters. The molecule has 0 spiro atoms. The highest BCUT2D eigenvalue weighted by molar-refractivity contribution is 7.98. The largest absolute Gasteiger partial charge is 0.326 e. The third-order valence-electron chi connectivity index (χ3n) is 4.45. The van der Waals surface area contributed by atoms with E-state index >= 15 is 0 Å². The predicted octanol–water partition coefficient (Wildman–Crippen LogP) is 5.64. The van der Waals surface area contributed by atoms with Gasteiger partial charge in [0.25, 0.3) is 0 Å². The van der Waals surface area contributed by atoms with Crippen LogP contribution in [0, 0.1) is 11.7 Å². The average molecular weight is 343 g/mol. The van der Waals surface area contributed by atoms with Crippen LogP contribution in [0.3, 0.4) is 0 Å². The van der Waals surface area contributed by atoms with Gasteiger partial charge in [-0.25, -0.2) is 4.39 Å². The Morgan fingerprint density at radius 3 is 2.46 bits per heavy atom.